The number of nitrogens with one attached hydrogen (secondary N) is 1. The molecule has 1 aliphatic heterocycles. The Morgan fingerprint density at radius 2 is 2.08 bits per heavy atom. The van der Waals surface area contributed by atoms with Crippen LogP contribution in [0.3, 0.4) is 0 Å². The highest BCUT2D eigenvalue weighted by atomic mass is 19.1. The lowest BCUT2D eigenvalue weighted by Gasteiger charge is -2.31. The van der Waals surface area contributed by atoms with Gasteiger partial charge < -0.3 is 10.5 Å². The lowest BCUT2D eigenvalue weighted by Crippen LogP contribution is -2.41. The number of amidine groups is 1. The van der Waals surface area contributed by atoms with E-state index in [0.29, 0.717) is 16.8 Å². The van der Waals surface area contributed by atoms with Crippen LogP contribution in [0.5, 0.6) is 0 Å². The Morgan fingerprint density at radius 3 is 2.84 bits per heavy atom. The Hall–Kier alpha value is -2.89. The number of halogens is 1. The SMILES string of the molecule is CC1(c2cc(N)ccc2F)N=C(NC(=O)c2ccccc2)OC2CC21. The van der Waals surface area contributed by atoms with Crippen molar-refractivity contribution in [3.8, 4) is 0 Å². The molecule has 1 amide bonds. The first-order valence-electron chi connectivity index (χ1n) is 8.16. The van der Waals surface area contributed by atoms with Crippen molar-refractivity contribution in [3.63, 3.8) is 0 Å². The molecule has 0 spiro atoms. The standard InChI is InChI=1S/C19H18FN3O2/c1-19(13-9-12(21)7-8-15(13)20)14-10-16(14)25-18(23-19)22-17(24)11-5-3-2-4-6-11/h2-9,14,16H,10,21H2,1H3,(H,22,23,24). The zero-order valence-corrected chi connectivity index (χ0v) is 13.7. The van der Waals surface area contributed by atoms with Crippen molar-refractivity contribution in [2.75, 3.05) is 5.73 Å². The maximum absolute atomic E-state index is 14.4. The molecule has 0 saturated heterocycles. The summed E-state index contributed by atoms with van der Waals surface area (Å²) in [6.45, 7) is 1.85. The molecule has 3 atom stereocenters. The summed E-state index contributed by atoms with van der Waals surface area (Å²) in [5, 5.41) is 2.69. The molecule has 2 aromatic rings. The number of rotatable bonds is 2. The van der Waals surface area contributed by atoms with Crippen molar-refractivity contribution < 1.29 is 13.9 Å². The Bertz CT molecular complexity index is 868. The van der Waals surface area contributed by atoms with Crippen molar-refractivity contribution in [3.05, 3.63) is 65.5 Å². The Kier molecular flexibility index (Phi) is 3.49. The van der Waals surface area contributed by atoms with E-state index in [0.717, 1.165) is 6.42 Å². The van der Waals surface area contributed by atoms with Crippen molar-refractivity contribution in [2.45, 2.75) is 25.0 Å². The van der Waals surface area contributed by atoms with Crippen molar-refractivity contribution >= 4 is 17.6 Å². The monoisotopic (exact) mass is 339 g/mol. The highest BCUT2D eigenvalue weighted by Gasteiger charge is 2.57. The van der Waals surface area contributed by atoms with Gasteiger partial charge in [-0.25, -0.2) is 9.38 Å². The van der Waals surface area contributed by atoms with Gasteiger partial charge in [0.1, 0.15) is 11.9 Å². The van der Waals surface area contributed by atoms with Crippen LogP contribution >= 0.6 is 0 Å². The summed E-state index contributed by atoms with van der Waals surface area (Å²) in [6.07, 6.45) is 0.688. The number of nitrogen functional groups attached to an aromatic ring is 1. The highest BCUT2D eigenvalue weighted by molar-refractivity contribution is 6.04. The number of fused-ring (bicyclic) bond motifs is 1. The van der Waals surface area contributed by atoms with Gasteiger partial charge in [-0.2, -0.15) is 0 Å². The maximum atomic E-state index is 14.4. The number of benzene rings is 2. The second-order valence-corrected chi connectivity index (χ2v) is 6.62. The number of amides is 1. The molecule has 2 aromatic carbocycles. The quantitative estimate of drug-likeness (QED) is 0.826. The molecule has 1 aliphatic carbocycles. The third kappa shape index (κ3) is 2.73. The minimum absolute atomic E-state index is 0.0705. The molecule has 5 nitrogen and oxygen atoms in total. The third-order valence-corrected chi connectivity index (χ3v) is 4.84. The average Bonchev–Trinajstić information content (AvgIpc) is 3.38. The lowest BCUT2D eigenvalue weighted by atomic mass is 9.86. The maximum Gasteiger partial charge on any atom is 0.292 e. The summed E-state index contributed by atoms with van der Waals surface area (Å²) < 4.78 is 20.1. The Morgan fingerprint density at radius 1 is 1.32 bits per heavy atom. The van der Waals surface area contributed by atoms with Gasteiger partial charge in [0.15, 0.2) is 0 Å². The summed E-state index contributed by atoms with van der Waals surface area (Å²) in [5.74, 6) is -0.600. The van der Waals surface area contributed by atoms with E-state index in [1.54, 1.807) is 30.3 Å². The molecular weight excluding hydrogens is 321 g/mol. The molecule has 2 aliphatic rings. The van der Waals surface area contributed by atoms with Crippen LogP contribution in [0.4, 0.5) is 10.1 Å². The molecule has 1 fully saturated rings. The minimum Gasteiger partial charge on any atom is -0.461 e. The van der Waals surface area contributed by atoms with Crippen LogP contribution < -0.4 is 11.1 Å². The predicted octanol–water partition coefficient (Wildman–Crippen LogP) is 2.83. The number of carbonyl (C=O) groups excluding carboxylic acids is 1. The number of hydrogen-bond acceptors (Lipinski definition) is 4. The molecule has 25 heavy (non-hydrogen) atoms. The smallest absolute Gasteiger partial charge is 0.292 e. The first-order chi connectivity index (χ1) is 12.0. The number of hydrogen-bond donors (Lipinski definition) is 2. The lowest BCUT2D eigenvalue weighted by molar-refractivity contribution is 0.0956. The molecule has 0 aromatic heterocycles. The fraction of sp³-hybridized carbons (Fsp3) is 0.263. The van der Waals surface area contributed by atoms with E-state index in [9.17, 15) is 9.18 Å². The summed E-state index contributed by atoms with van der Waals surface area (Å²) >= 11 is 0. The second kappa shape index (κ2) is 5.58. The molecule has 4 rings (SSSR count). The zero-order valence-electron chi connectivity index (χ0n) is 13.7. The number of anilines is 1. The number of aliphatic imine (C=N–C) groups is 1. The van der Waals surface area contributed by atoms with Gasteiger partial charge in [-0.1, -0.05) is 18.2 Å². The number of carbonyl (C=O) groups is 1. The van der Waals surface area contributed by atoms with E-state index >= 15 is 0 Å². The molecule has 1 saturated carbocycles. The van der Waals surface area contributed by atoms with Crippen molar-refractivity contribution in [2.24, 2.45) is 10.9 Å². The number of nitrogens with two attached hydrogens (primary N) is 1. The van der Waals surface area contributed by atoms with E-state index in [-0.39, 0.29) is 29.8 Å². The third-order valence-electron chi connectivity index (χ3n) is 4.84. The summed E-state index contributed by atoms with van der Waals surface area (Å²) in [6, 6.07) is 13.4. The van der Waals surface area contributed by atoms with Gasteiger partial charge in [-0.15, -0.1) is 0 Å². The first-order valence-corrected chi connectivity index (χ1v) is 8.16. The molecule has 3 unspecified atom stereocenters. The van der Waals surface area contributed by atoms with E-state index in [4.69, 9.17) is 10.5 Å². The number of nitrogens with zero attached hydrogens (tertiary/aromatic N) is 1. The normalized spacial score (nSPS) is 26.9. The van der Waals surface area contributed by atoms with Gasteiger partial charge >= 0.3 is 0 Å². The summed E-state index contributed by atoms with van der Waals surface area (Å²) in [5.41, 5.74) is 6.42. The Labute approximate surface area is 144 Å². The summed E-state index contributed by atoms with van der Waals surface area (Å²) in [4.78, 5) is 16.9. The molecule has 6 heteroatoms. The predicted molar refractivity (Wildman–Crippen MR) is 92.5 cm³/mol. The van der Waals surface area contributed by atoms with Crippen LogP contribution in [0.2, 0.25) is 0 Å². The largest absolute Gasteiger partial charge is 0.461 e. The van der Waals surface area contributed by atoms with Gasteiger partial charge in [0.05, 0.1) is 5.54 Å². The van der Waals surface area contributed by atoms with Gasteiger partial charge in [-0.05, 0) is 43.7 Å². The Balaban J connectivity index is 1.66. The van der Waals surface area contributed by atoms with Crippen LogP contribution in [-0.2, 0) is 10.3 Å². The van der Waals surface area contributed by atoms with Crippen LogP contribution in [0, 0.1) is 11.7 Å². The first kappa shape index (κ1) is 15.6. The van der Waals surface area contributed by atoms with E-state index in [1.807, 2.05) is 13.0 Å². The fourth-order valence-electron chi connectivity index (χ4n) is 3.36. The molecule has 128 valence electrons. The second-order valence-electron chi connectivity index (χ2n) is 6.62. The van der Waals surface area contributed by atoms with E-state index < -0.39 is 5.54 Å². The van der Waals surface area contributed by atoms with E-state index in [2.05, 4.69) is 10.3 Å². The molecular formula is C19H18FN3O2. The molecule has 0 radical (unpaired) electrons. The molecule has 0 bridgehead atoms. The van der Waals surface area contributed by atoms with E-state index in [1.165, 1.54) is 12.1 Å². The van der Waals surface area contributed by atoms with Crippen LogP contribution in [-0.4, -0.2) is 18.0 Å². The van der Waals surface area contributed by atoms with Crippen molar-refractivity contribution in [1.29, 1.82) is 0 Å². The molecule has 3 N–H and O–H groups in total. The van der Waals surface area contributed by atoms with Crippen LogP contribution in [0.15, 0.2) is 53.5 Å². The van der Waals surface area contributed by atoms with Gasteiger partial charge in [0.2, 0.25) is 0 Å². The number of ether oxygens (including phenoxy) is 1. The summed E-state index contributed by atoms with van der Waals surface area (Å²) in [7, 11) is 0. The van der Waals surface area contributed by atoms with Gasteiger partial charge in [0.25, 0.3) is 11.9 Å². The minimum atomic E-state index is -0.818. The topological polar surface area (TPSA) is 76.7 Å². The fourth-order valence-corrected chi connectivity index (χ4v) is 3.36. The zero-order chi connectivity index (χ0) is 17.6. The van der Waals surface area contributed by atoms with Gasteiger partial charge in [-0.3, -0.25) is 10.1 Å². The van der Waals surface area contributed by atoms with Crippen LogP contribution in [0.25, 0.3) is 0 Å². The van der Waals surface area contributed by atoms with Crippen LogP contribution in [0.1, 0.15) is 29.3 Å². The average molecular weight is 339 g/mol. The molecule has 1 heterocycles. The highest BCUT2D eigenvalue weighted by Crippen LogP contribution is 2.53. The van der Waals surface area contributed by atoms with Gasteiger partial charge in [0, 0.05) is 22.7 Å². The van der Waals surface area contributed by atoms with Crippen molar-refractivity contribution in [1.82, 2.24) is 5.32 Å².